The van der Waals surface area contributed by atoms with Crippen LogP contribution >= 0.6 is 0 Å². The van der Waals surface area contributed by atoms with Crippen LogP contribution in [-0.2, 0) is 0 Å². The maximum atomic E-state index is 12.3. The normalized spacial score (nSPS) is 15.0. The number of ether oxygens (including phenoxy) is 1. The van der Waals surface area contributed by atoms with Crippen LogP contribution in [0, 0.1) is 6.92 Å². The molecule has 0 spiro atoms. The van der Waals surface area contributed by atoms with Crippen molar-refractivity contribution in [1.82, 2.24) is 9.80 Å². The van der Waals surface area contributed by atoms with E-state index in [9.17, 15) is 9.59 Å². The van der Waals surface area contributed by atoms with Crippen molar-refractivity contribution in [3.05, 3.63) is 65.7 Å². The molecule has 5 heteroatoms. The highest BCUT2D eigenvalue weighted by Crippen LogP contribution is 2.12. The van der Waals surface area contributed by atoms with Crippen molar-refractivity contribution in [2.75, 3.05) is 32.7 Å². The molecule has 0 aliphatic carbocycles. The van der Waals surface area contributed by atoms with Crippen molar-refractivity contribution in [2.24, 2.45) is 0 Å². The number of piperazine rings is 1. The van der Waals surface area contributed by atoms with E-state index in [1.807, 2.05) is 49.4 Å². The first-order chi connectivity index (χ1) is 12.1. The van der Waals surface area contributed by atoms with E-state index in [0.717, 1.165) is 11.1 Å². The third-order valence-electron chi connectivity index (χ3n) is 4.32. The summed E-state index contributed by atoms with van der Waals surface area (Å²) in [7, 11) is 0. The highest BCUT2D eigenvalue weighted by atomic mass is 16.6. The minimum Gasteiger partial charge on any atom is -0.410 e. The van der Waals surface area contributed by atoms with Gasteiger partial charge in [-0.2, -0.15) is 0 Å². The van der Waals surface area contributed by atoms with E-state index >= 15 is 0 Å². The number of amides is 1. The quantitative estimate of drug-likeness (QED) is 0.804. The Bertz CT molecular complexity index is 720. The van der Waals surface area contributed by atoms with E-state index in [-0.39, 0.29) is 11.9 Å². The zero-order valence-corrected chi connectivity index (χ0v) is 14.4. The Hall–Kier alpha value is -2.66. The average molecular weight is 338 g/mol. The zero-order valence-electron chi connectivity index (χ0n) is 14.4. The molecule has 1 saturated heterocycles. The van der Waals surface area contributed by atoms with Crippen molar-refractivity contribution in [1.29, 1.82) is 0 Å². The molecule has 1 heterocycles. The number of carbonyl (C=O) groups is 2. The number of carbonyl (C=O) groups excluding carboxylic acids is 2. The summed E-state index contributed by atoms with van der Waals surface area (Å²) in [6, 6.07) is 16.7. The van der Waals surface area contributed by atoms with Crippen LogP contribution in [-0.4, -0.2) is 54.4 Å². The van der Waals surface area contributed by atoms with E-state index in [2.05, 4.69) is 4.90 Å². The van der Waals surface area contributed by atoms with Crippen molar-refractivity contribution >= 4 is 11.9 Å². The Kier molecular flexibility index (Phi) is 5.46. The van der Waals surface area contributed by atoms with Gasteiger partial charge in [-0.25, -0.2) is 4.79 Å². The maximum absolute atomic E-state index is 12.3. The molecular formula is C20H22N2O3. The lowest BCUT2D eigenvalue weighted by Gasteiger charge is -2.33. The van der Waals surface area contributed by atoms with E-state index in [1.165, 1.54) is 0 Å². The van der Waals surface area contributed by atoms with E-state index in [0.29, 0.717) is 38.5 Å². The van der Waals surface area contributed by atoms with Crippen LogP contribution in [0.1, 0.15) is 15.9 Å². The van der Waals surface area contributed by atoms with Gasteiger partial charge in [0.2, 0.25) is 0 Å². The molecule has 0 unspecified atom stereocenters. The van der Waals surface area contributed by atoms with E-state index < -0.39 is 0 Å². The molecule has 0 N–H and O–H groups in total. The van der Waals surface area contributed by atoms with Crippen LogP contribution in [0.2, 0.25) is 0 Å². The highest BCUT2D eigenvalue weighted by Gasteiger charge is 2.24. The number of hydrogen-bond donors (Lipinski definition) is 0. The molecule has 0 saturated carbocycles. The fraction of sp³-hybridized carbons (Fsp3) is 0.300. The summed E-state index contributed by atoms with van der Waals surface area (Å²) >= 11 is 0. The maximum Gasteiger partial charge on any atom is 0.415 e. The largest absolute Gasteiger partial charge is 0.415 e. The molecule has 1 fully saturated rings. The van der Waals surface area contributed by atoms with Gasteiger partial charge in [0.1, 0.15) is 5.75 Å². The molecule has 0 bridgehead atoms. The summed E-state index contributed by atoms with van der Waals surface area (Å²) in [5.41, 5.74) is 1.87. The first-order valence-corrected chi connectivity index (χ1v) is 8.46. The zero-order chi connectivity index (χ0) is 17.6. The summed E-state index contributed by atoms with van der Waals surface area (Å²) in [5, 5.41) is 0. The van der Waals surface area contributed by atoms with E-state index in [1.54, 1.807) is 17.0 Å². The van der Waals surface area contributed by atoms with Crippen molar-refractivity contribution < 1.29 is 14.3 Å². The Morgan fingerprint density at radius 1 is 0.920 bits per heavy atom. The molecule has 0 atom stereocenters. The number of benzene rings is 2. The number of Topliss-reactive ketones (excluding diaryl/α,β-unsaturated/α-hetero) is 1. The molecule has 2 aromatic rings. The van der Waals surface area contributed by atoms with Crippen LogP contribution in [0.4, 0.5) is 4.79 Å². The van der Waals surface area contributed by atoms with Gasteiger partial charge in [-0.3, -0.25) is 9.69 Å². The van der Waals surface area contributed by atoms with Crippen molar-refractivity contribution in [2.45, 2.75) is 6.92 Å². The Morgan fingerprint density at radius 2 is 1.56 bits per heavy atom. The molecule has 3 rings (SSSR count). The summed E-state index contributed by atoms with van der Waals surface area (Å²) in [4.78, 5) is 28.3. The minimum absolute atomic E-state index is 0.111. The predicted molar refractivity (Wildman–Crippen MR) is 96.0 cm³/mol. The highest BCUT2D eigenvalue weighted by molar-refractivity contribution is 5.97. The lowest BCUT2D eigenvalue weighted by molar-refractivity contribution is 0.0845. The number of aryl methyl sites for hydroxylation is 1. The smallest absolute Gasteiger partial charge is 0.410 e. The molecule has 1 amide bonds. The Labute approximate surface area is 147 Å². The first kappa shape index (κ1) is 17.2. The van der Waals surface area contributed by atoms with Gasteiger partial charge in [-0.1, -0.05) is 48.0 Å². The fourth-order valence-electron chi connectivity index (χ4n) is 2.78. The standard InChI is InChI=1S/C20H22N2O3/c1-16-7-9-17(10-8-16)19(23)15-21-11-13-22(14-12-21)20(24)25-18-5-3-2-4-6-18/h2-10H,11-15H2,1H3. The molecule has 25 heavy (non-hydrogen) atoms. The van der Waals surface area contributed by atoms with Crippen molar-refractivity contribution in [3.63, 3.8) is 0 Å². The molecule has 0 aromatic heterocycles. The monoisotopic (exact) mass is 338 g/mol. The van der Waals surface area contributed by atoms with Gasteiger partial charge >= 0.3 is 6.09 Å². The third kappa shape index (κ3) is 4.67. The molecule has 2 aromatic carbocycles. The van der Waals surface area contributed by atoms with Gasteiger partial charge in [0.15, 0.2) is 5.78 Å². The SMILES string of the molecule is Cc1ccc(C(=O)CN2CCN(C(=O)Oc3ccccc3)CC2)cc1. The summed E-state index contributed by atoms with van der Waals surface area (Å²) in [6.07, 6.45) is -0.337. The Balaban J connectivity index is 1.47. The van der Waals surface area contributed by atoms with Crippen LogP contribution < -0.4 is 4.74 Å². The first-order valence-electron chi connectivity index (χ1n) is 8.46. The number of nitrogens with zero attached hydrogens (tertiary/aromatic N) is 2. The lowest BCUT2D eigenvalue weighted by atomic mass is 10.1. The van der Waals surface area contributed by atoms with Crippen LogP contribution in [0.5, 0.6) is 5.75 Å². The van der Waals surface area contributed by atoms with Crippen LogP contribution in [0.15, 0.2) is 54.6 Å². The second kappa shape index (κ2) is 7.94. The third-order valence-corrected chi connectivity index (χ3v) is 4.32. The second-order valence-electron chi connectivity index (χ2n) is 6.23. The Morgan fingerprint density at radius 3 is 2.20 bits per heavy atom. The van der Waals surface area contributed by atoms with Gasteiger partial charge in [-0.15, -0.1) is 0 Å². The summed E-state index contributed by atoms with van der Waals surface area (Å²) in [6.45, 7) is 4.84. The van der Waals surface area contributed by atoms with Gasteiger partial charge < -0.3 is 9.64 Å². The van der Waals surface area contributed by atoms with E-state index in [4.69, 9.17) is 4.74 Å². The van der Waals surface area contributed by atoms with Crippen molar-refractivity contribution in [3.8, 4) is 5.75 Å². The fourth-order valence-corrected chi connectivity index (χ4v) is 2.78. The van der Waals surface area contributed by atoms with Gasteiger partial charge in [0.25, 0.3) is 0 Å². The second-order valence-corrected chi connectivity index (χ2v) is 6.23. The number of rotatable bonds is 4. The lowest BCUT2D eigenvalue weighted by Crippen LogP contribution is -2.50. The number of ketones is 1. The van der Waals surface area contributed by atoms with Gasteiger partial charge in [0, 0.05) is 31.7 Å². The molecule has 0 radical (unpaired) electrons. The molecule has 1 aliphatic heterocycles. The molecule has 1 aliphatic rings. The van der Waals surface area contributed by atoms with Crippen LogP contribution in [0.3, 0.4) is 0 Å². The number of para-hydroxylation sites is 1. The average Bonchev–Trinajstić information content (AvgIpc) is 2.63. The van der Waals surface area contributed by atoms with Gasteiger partial charge in [0.05, 0.1) is 6.54 Å². The summed E-state index contributed by atoms with van der Waals surface area (Å²) < 4.78 is 5.35. The summed E-state index contributed by atoms with van der Waals surface area (Å²) in [5.74, 6) is 0.657. The molecule has 5 nitrogen and oxygen atoms in total. The number of hydrogen-bond acceptors (Lipinski definition) is 4. The minimum atomic E-state index is -0.337. The predicted octanol–water partition coefficient (Wildman–Crippen LogP) is 2.99. The van der Waals surface area contributed by atoms with Crippen LogP contribution in [0.25, 0.3) is 0 Å². The van der Waals surface area contributed by atoms with Gasteiger partial charge in [-0.05, 0) is 19.1 Å². The molecule has 130 valence electrons. The topological polar surface area (TPSA) is 49.9 Å². The molecular weight excluding hydrogens is 316 g/mol.